The standard InChI is InChI=1S/C29H32N6O4/c1-39-28(38)33-24(20-21-14-17-31-18-15-21)25(36)32-16-8-9-19-35-26(37)29(34-27(35)30,22-10-4-2-5-11-22)23-12-6-3-7-13-23/h2-7,10-15,17-18,24H,8-9,16,19-20H2,1H3,(H2,30,34)(H,32,36)(H,33,38)/t24-/m0/s1. The maximum atomic E-state index is 13.8. The van der Waals surface area contributed by atoms with Crippen molar-refractivity contribution >= 4 is 23.9 Å². The first kappa shape index (κ1) is 27.3. The van der Waals surface area contributed by atoms with E-state index in [1.807, 2.05) is 60.7 Å². The molecule has 202 valence electrons. The van der Waals surface area contributed by atoms with Crippen LogP contribution < -0.4 is 16.0 Å². The molecule has 1 saturated heterocycles. The molecule has 1 aliphatic heterocycles. The van der Waals surface area contributed by atoms with Crippen molar-refractivity contribution in [3.05, 3.63) is 102 Å². The van der Waals surface area contributed by atoms with Crippen molar-refractivity contribution < 1.29 is 19.1 Å². The van der Waals surface area contributed by atoms with Crippen molar-refractivity contribution in [3.8, 4) is 0 Å². The minimum Gasteiger partial charge on any atom is -0.453 e. The summed E-state index contributed by atoms with van der Waals surface area (Å²) in [5.41, 5.74) is 1.20. The van der Waals surface area contributed by atoms with Gasteiger partial charge in [-0.05, 0) is 41.7 Å². The van der Waals surface area contributed by atoms with Crippen LogP contribution in [0.4, 0.5) is 4.79 Å². The Labute approximate surface area is 227 Å². The maximum absolute atomic E-state index is 13.8. The van der Waals surface area contributed by atoms with Gasteiger partial charge in [0.25, 0.3) is 5.91 Å². The van der Waals surface area contributed by atoms with E-state index in [0.29, 0.717) is 25.9 Å². The Bertz CT molecular complexity index is 1250. The Morgan fingerprint density at radius 1 is 1.00 bits per heavy atom. The monoisotopic (exact) mass is 528 g/mol. The Morgan fingerprint density at radius 3 is 2.21 bits per heavy atom. The molecule has 1 atom stereocenters. The Balaban J connectivity index is 1.35. The lowest BCUT2D eigenvalue weighted by Crippen LogP contribution is -2.48. The second kappa shape index (κ2) is 12.7. The average molecular weight is 529 g/mol. The van der Waals surface area contributed by atoms with Gasteiger partial charge in [0.1, 0.15) is 6.04 Å². The zero-order chi connectivity index (χ0) is 27.7. The van der Waals surface area contributed by atoms with Gasteiger partial charge in [-0.2, -0.15) is 0 Å². The average Bonchev–Trinajstić information content (AvgIpc) is 3.23. The van der Waals surface area contributed by atoms with Gasteiger partial charge in [-0.25, -0.2) is 4.79 Å². The van der Waals surface area contributed by atoms with E-state index in [-0.39, 0.29) is 24.2 Å². The third-order valence-corrected chi connectivity index (χ3v) is 6.65. The second-order valence-electron chi connectivity index (χ2n) is 9.16. The van der Waals surface area contributed by atoms with Crippen molar-refractivity contribution in [1.82, 2.24) is 25.8 Å². The number of benzene rings is 2. The highest BCUT2D eigenvalue weighted by Crippen LogP contribution is 2.35. The molecule has 10 heteroatoms. The summed E-state index contributed by atoms with van der Waals surface area (Å²) in [6.07, 6.45) is 3.98. The lowest BCUT2D eigenvalue weighted by Gasteiger charge is -2.28. The molecule has 1 aromatic heterocycles. The number of hydrogen-bond acceptors (Lipinski definition) is 6. The molecule has 4 N–H and O–H groups in total. The van der Waals surface area contributed by atoms with E-state index in [1.54, 1.807) is 24.5 Å². The van der Waals surface area contributed by atoms with E-state index in [2.05, 4.69) is 25.7 Å². The van der Waals surface area contributed by atoms with Crippen LogP contribution in [0.1, 0.15) is 29.5 Å². The van der Waals surface area contributed by atoms with E-state index in [1.165, 1.54) is 12.0 Å². The fourth-order valence-electron chi connectivity index (χ4n) is 4.64. The number of nitrogens with zero attached hydrogens (tertiary/aromatic N) is 2. The fraction of sp³-hybridized carbons (Fsp3) is 0.276. The number of nitrogens with one attached hydrogen (secondary N) is 4. The van der Waals surface area contributed by atoms with E-state index < -0.39 is 17.7 Å². The summed E-state index contributed by atoms with van der Waals surface area (Å²) in [7, 11) is 1.24. The number of carbonyl (C=O) groups excluding carboxylic acids is 3. The summed E-state index contributed by atoms with van der Waals surface area (Å²) in [4.78, 5) is 43.8. The van der Waals surface area contributed by atoms with E-state index >= 15 is 0 Å². The van der Waals surface area contributed by atoms with Gasteiger partial charge in [0.2, 0.25) is 5.91 Å². The third-order valence-electron chi connectivity index (χ3n) is 6.65. The van der Waals surface area contributed by atoms with Crippen molar-refractivity contribution in [3.63, 3.8) is 0 Å². The molecular weight excluding hydrogens is 496 g/mol. The quantitative estimate of drug-likeness (QED) is 0.283. The molecule has 0 saturated carbocycles. The lowest BCUT2D eigenvalue weighted by molar-refractivity contribution is -0.130. The van der Waals surface area contributed by atoms with Crippen molar-refractivity contribution in [2.75, 3.05) is 20.2 Å². The van der Waals surface area contributed by atoms with Crippen LogP contribution in [0, 0.1) is 5.41 Å². The topological polar surface area (TPSA) is 137 Å². The largest absolute Gasteiger partial charge is 0.453 e. The number of guanidine groups is 1. The molecule has 3 aromatic rings. The molecule has 0 spiro atoms. The first-order valence-corrected chi connectivity index (χ1v) is 12.8. The summed E-state index contributed by atoms with van der Waals surface area (Å²) in [5.74, 6) is -0.513. The smallest absolute Gasteiger partial charge is 0.407 e. The zero-order valence-electron chi connectivity index (χ0n) is 21.7. The van der Waals surface area contributed by atoms with E-state index in [9.17, 15) is 14.4 Å². The number of aromatic nitrogens is 1. The molecule has 1 fully saturated rings. The minimum absolute atomic E-state index is 0.0384. The molecule has 4 rings (SSSR count). The number of rotatable bonds is 11. The molecule has 2 heterocycles. The number of carbonyl (C=O) groups is 3. The Hall–Kier alpha value is -4.73. The molecule has 3 amide bonds. The number of ether oxygens (including phenoxy) is 1. The highest BCUT2D eigenvalue weighted by Gasteiger charge is 2.51. The summed E-state index contributed by atoms with van der Waals surface area (Å²) in [6.45, 7) is 0.669. The maximum Gasteiger partial charge on any atom is 0.407 e. The number of unbranched alkanes of at least 4 members (excludes halogenated alkanes) is 1. The van der Waals surface area contributed by atoms with E-state index in [4.69, 9.17) is 5.41 Å². The normalized spacial score (nSPS) is 14.8. The Kier molecular flexibility index (Phi) is 8.88. The molecule has 0 radical (unpaired) electrons. The van der Waals surface area contributed by atoms with Gasteiger partial charge in [0.05, 0.1) is 7.11 Å². The number of hydrogen-bond donors (Lipinski definition) is 4. The SMILES string of the molecule is COC(=O)N[C@@H](Cc1ccncc1)C(=O)NCCCCN1C(=N)NC(c2ccccc2)(c2ccccc2)C1=O. The van der Waals surface area contributed by atoms with Gasteiger partial charge in [-0.1, -0.05) is 60.7 Å². The number of pyridine rings is 1. The van der Waals surface area contributed by atoms with Crippen LogP contribution in [-0.4, -0.2) is 60.0 Å². The van der Waals surface area contributed by atoms with E-state index in [0.717, 1.165) is 16.7 Å². The van der Waals surface area contributed by atoms with Gasteiger partial charge in [-0.15, -0.1) is 0 Å². The summed E-state index contributed by atoms with van der Waals surface area (Å²) in [5, 5.41) is 17.1. The van der Waals surface area contributed by atoms with Gasteiger partial charge < -0.3 is 20.7 Å². The summed E-state index contributed by atoms with van der Waals surface area (Å²) in [6, 6.07) is 21.6. The predicted molar refractivity (Wildman–Crippen MR) is 146 cm³/mol. The number of methoxy groups -OCH3 is 1. The van der Waals surface area contributed by atoms with Crippen LogP contribution in [0.15, 0.2) is 85.2 Å². The molecule has 2 aromatic carbocycles. The third kappa shape index (κ3) is 6.23. The van der Waals surface area contributed by atoms with Crippen molar-refractivity contribution in [1.29, 1.82) is 5.41 Å². The van der Waals surface area contributed by atoms with Gasteiger partial charge in [-0.3, -0.25) is 24.9 Å². The highest BCUT2D eigenvalue weighted by molar-refractivity contribution is 6.10. The van der Waals surface area contributed by atoms with Crippen molar-refractivity contribution in [2.24, 2.45) is 0 Å². The minimum atomic E-state index is -1.17. The highest BCUT2D eigenvalue weighted by atomic mass is 16.5. The molecule has 0 unspecified atom stereocenters. The van der Waals surface area contributed by atoms with Gasteiger partial charge >= 0.3 is 6.09 Å². The fourth-order valence-corrected chi connectivity index (χ4v) is 4.64. The number of alkyl carbamates (subject to hydrolysis) is 1. The number of amides is 3. The molecule has 1 aliphatic rings. The van der Waals surface area contributed by atoms with Gasteiger partial charge in [0, 0.05) is 31.9 Å². The first-order chi connectivity index (χ1) is 19.0. The second-order valence-corrected chi connectivity index (χ2v) is 9.16. The summed E-state index contributed by atoms with van der Waals surface area (Å²) < 4.78 is 4.66. The predicted octanol–water partition coefficient (Wildman–Crippen LogP) is 2.56. The first-order valence-electron chi connectivity index (χ1n) is 12.8. The molecule has 39 heavy (non-hydrogen) atoms. The molecule has 0 bridgehead atoms. The van der Waals surface area contributed by atoms with Crippen LogP contribution in [0.5, 0.6) is 0 Å². The zero-order valence-corrected chi connectivity index (χ0v) is 21.7. The molecular formula is C29H32N6O4. The van der Waals surface area contributed by atoms with Gasteiger partial charge in [0.15, 0.2) is 11.5 Å². The van der Waals surface area contributed by atoms with Crippen LogP contribution >= 0.6 is 0 Å². The van der Waals surface area contributed by atoms with Crippen molar-refractivity contribution in [2.45, 2.75) is 30.8 Å². The molecule has 10 nitrogen and oxygen atoms in total. The van der Waals surface area contributed by atoms with Crippen LogP contribution in [-0.2, 0) is 26.3 Å². The van der Waals surface area contributed by atoms with Crippen LogP contribution in [0.25, 0.3) is 0 Å². The molecule has 0 aliphatic carbocycles. The Morgan fingerprint density at radius 2 is 1.62 bits per heavy atom. The van der Waals surface area contributed by atoms with Crippen LogP contribution in [0.2, 0.25) is 0 Å². The lowest BCUT2D eigenvalue weighted by atomic mass is 9.82. The summed E-state index contributed by atoms with van der Waals surface area (Å²) >= 11 is 0. The van der Waals surface area contributed by atoms with Crippen LogP contribution in [0.3, 0.4) is 0 Å².